The van der Waals surface area contributed by atoms with Crippen molar-refractivity contribution in [1.82, 2.24) is 10.6 Å². The van der Waals surface area contributed by atoms with Crippen LogP contribution in [0.1, 0.15) is 12.8 Å². The summed E-state index contributed by atoms with van der Waals surface area (Å²) >= 11 is 2.06. The second kappa shape index (κ2) is 2.87. The van der Waals surface area contributed by atoms with Crippen LogP contribution < -0.4 is 10.6 Å². The van der Waals surface area contributed by atoms with Gasteiger partial charge < -0.3 is 4.74 Å². The van der Waals surface area contributed by atoms with Gasteiger partial charge in [-0.25, -0.2) is 0 Å². The Balaban J connectivity index is 1.62. The van der Waals surface area contributed by atoms with Crippen molar-refractivity contribution in [2.24, 2.45) is 0 Å². The Hall–Kier alpha value is 0.230. The molecule has 0 amide bonds. The molecule has 0 aromatic heterocycles. The molecule has 3 nitrogen and oxygen atoms in total. The van der Waals surface area contributed by atoms with Gasteiger partial charge in [0.1, 0.15) is 12.5 Å². The van der Waals surface area contributed by atoms with Crippen molar-refractivity contribution < 1.29 is 4.74 Å². The SMILES string of the molecule is C1CSC(C2NC3CNC3O2)C1. The van der Waals surface area contributed by atoms with Gasteiger partial charge >= 0.3 is 0 Å². The highest BCUT2D eigenvalue weighted by molar-refractivity contribution is 8.00. The zero-order valence-electron chi connectivity index (χ0n) is 6.95. The molecule has 0 aliphatic carbocycles. The fourth-order valence-corrected chi connectivity index (χ4v) is 3.35. The lowest BCUT2D eigenvalue weighted by Gasteiger charge is -2.29. The van der Waals surface area contributed by atoms with E-state index in [0.717, 1.165) is 6.54 Å². The number of nitrogens with one attached hydrogen (secondary N) is 2. The minimum atomic E-state index is 0.316. The van der Waals surface area contributed by atoms with Crippen molar-refractivity contribution in [1.29, 1.82) is 0 Å². The molecule has 0 saturated carbocycles. The van der Waals surface area contributed by atoms with Crippen LogP contribution in [0.4, 0.5) is 0 Å². The van der Waals surface area contributed by atoms with Crippen LogP contribution in [0.3, 0.4) is 0 Å². The first-order valence-corrected chi connectivity index (χ1v) is 5.75. The molecule has 12 heavy (non-hydrogen) atoms. The van der Waals surface area contributed by atoms with Gasteiger partial charge in [-0.15, -0.1) is 0 Å². The summed E-state index contributed by atoms with van der Waals surface area (Å²) in [4.78, 5) is 0. The summed E-state index contributed by atoms with van der Waals surface area (Å²) in [6, 6.07) is 0.594. The number of hydrogen-bond donors (Lipinski definition) is 2. The van der Waals surface area contributed by atoms with E-state index in [9.17, 15) is 0 Å². The summed E-state index contributed by atoms with van der Waals surface area (Å²) in [5.74, 6) is 1.31. The van der Waals surface area contributed by atoms with E-state index in [1.807, 2.05) is 0 Å². The fraction of sp³-hybridized carbons (Fsp3) is 1.00. The molecule has 0 aromatic rings. The van der Waals surface area contributed by atoms with Crippen LogP contribution in [0, 0.1) is 0 Å². The van der Waals surface area contributed by atoms with Crippen molar-refractivity contribution >= 4 is 11.8 Å². The van der Waals surface area contributed by atoms with Crippen LogP contribution in [-0.2, 0) is 4.74 Å². The largest absolute Gasteiger partial charge is 0.342 e. The van der Waals surface area contributed by atoms with E-state index in [2.05, 4.69) is 22.4 Å². The summed E-state index contributed by atoms with van der Waals surface area (Å²) in [5, 5.41) is 7.50. The molecule has 3 saturated heterocycles. The standard InChI is InChI=1S/C8H14N2OS/c1-2-6(12-3-1)8-10-5-4-9-7(5)11-8/h5-10H,1-4H2. The minimum Gasteiger partial charge on any atom is -0.342 e. The molecule has 68 valence electrons. The molecule has 0 radical (unpaired) electrons. The Morgan fingerprint density at radius 1 is 1.33 bits per heavy atom. The Labute approximate surface area is 76.6 Å². The quantitative estimate of drug-likeness (QED) is 0.610. The summed E-state index contributed by atoms with van der Waals surface area (Å²) in [6.07, 6.45) is 3.32. The maximum absolute atomic E-state index is 5.80. The smallest absolute Gasteiger partial charge is 0.127 e. The van der Waals surface area contributed by atoms with Crippen molar-refractivity contribution in [3.63, 3.8) is 0 Å². The van der Waals surface area contributed by atoms with Crippen LogP contribution in [-0.4, -0.2) is 36.0 Å². The van der Waals surface area contributed by atoms with Crippen molar-refractivity contribution in [2.45, 2.75) is 36.6 Å². The number of ether oxygens (including phenoxy) is 1. The van der Waals surface area contributed by atoms with Crippen molar-refractivity contribution in [3.05, 3.63) is 0 Å². The van der Waals surface area contributed by atoms with Gasteiger partial charge in [0, 0.05) is 11.8 Å². The fourth-order valence-electron chi connectivity index (χ4n) is 2.07. The molecule has 0 spiro atoms. The number of rotatable bonds is 1. The highest BCUT2D eigenvalue weighted by Gasteiger charge is 2.44. The average molecular weight is 186 g/mol. The molecule has 3 fully saturated rings. The zero-order valence-corrected chi connectivity index (χ0v) is 7.77. The number of hydrogen-bond acceptors (Lipinski definition) is 4. The molecule has 3 aliphatic heterocycles. The predicted molar refractivity (Wildman–Crippen MR) is 49.1 cm³/mol. The lowest BCUT2D eigenvalue weighted by atomic mass is 10.1. The lowest BCUT2D eigenvalue weighted by molar-refractivity contribution is -0.00530. The van der Waals surface area contributed by atoms with Gasteiger partial charge in [0.15, 0.2) is 0 Å². The molecule has 4 heteroatoms. The molecule has 2 N–H and O–H groups in total. The Morgan fingerprint density at radius 2 is 2.33 bits per heavy atom. The molecule has 3 rings (SSSR count). The van der Waals surface area contributed by atoms with Gasteiger partial charge in [-0.1, -0.05) is 0 Å². The van der Waals surface area contributed by atoms with E-state index >= 15 is 0 Å². The lowest BCUT2D eigenvalue weighted by Crippen LogP contribution is -2.58. The van der Waals surface area contributed by atoms with Crippen LogP contribution >= 0.6 is 11.8 Å². The van der Waals surface area contributed by atoms with E-state index < -0.39 is 0 Å². The number of thioether (sulfide) groups is 1. The van der Waals surface area contributed by atoms with E-state index in [1.54, 1.807) is 0 Å². The van der Waals surface area contributed by atoms with Crippen LogP contribution in [0.25, 0.3) is 0 Å². The van der Waals surface area contributed by atoms with Gasteiger partial charge in [0.2, 0.25) is 0 Å². The van der Waals surface area contributed by atoms with E-state index in [4.69, 9.17) is 4.74 Å². The predicted octanol–water partition coefficient (Wildman–Crippen LogP) is 0.126. The van der Waals surface area contributed by atoms with E-state index in [-0.39, 0.29) is 0 Å². The molecule has 4 unspecified atom stereocenters. The van der Waals surface area contributed by atoms with Crippen LogP contribution in [0.15, 0.2) is 0 Å². The van der Waals surface area contributed by atoms with Crippen molar-refractivity contribution in [2.75, 3.05) is 12.3 Å². The molecule has 3 aliphatic rings. The minimum absolute atomic E-state index is 0.316. The molecule has 4 atom stereocenters. The van der Waals surface area contributed by atoms with Gasteiger partial charge in [-0.2, -0.15) is 11.8 Å². The second-order valence-corrected chi connectivity index (χ2v) is 5.06. The highest BCUT2D eigenvalue weighted by atomic mass is 32.2. The van der Waals surface area contributed by atoms with E-state index in [1.165, 1.54) is 18.6 Å². The maximum atomic E-state index is 5.80. The Morgan fingerprint density at radius 3 is 2.83 bits per heavy atom. The summed E-state index contributed by atoms with van der Waals surface area (Å²) < 4.78 is 5.80. The van der Waals surface area contributed by atoms with Crippen LogP contribution in [0.5, 0.6) is 0 Å². The molecule has 0 bridgehead atoms. The molecule has 3 heterocycles. The van der Waals surface area contributed by atoms with Gasteiger partial charge in [0.25, 0.3) is 0 Å². The third-order valence-electron chi connectivity index (χ3n) is 2.88. The normalized spacial score (nSPS) is 52.0. The average Bonchev–Trinajstić information content (AvgIpc) is 2.61. The Kier molecular flexibility index (Phi) is 1.82. The van der Waals surface area contributed by atoms with E-state index in [0.29, 0.717) is 23.7 Å². The summed E-state index contributed by atoms with van der Waals surface area (Å²) in [5.41, 5.74) is 0. The van der Waals surface area contributed by atoms with Gasteiger partial charge in [0.05, 0.1) is 6.04 Å². The molecule has 0 aromatic carbocycles. The first-order valence-electron chi connectivity index (χ1n) is 4.70. The zero-order chi connectivity index (χ0) is 7.97. The van der Waals surface area contributed by atoms with Gasteiger partial charge in [-0.05, 0) is 18.6 Å². The van der Waals surface area contributed by atoms with Crippen LogP contribution in [0.2, 0.25) is 0 Å². The monoisotopic (exact) mass is 186 g/mol. The Bertz CT molecular complexity index is 172. The summed E-state index contributed by atoms with van der Waals surface area (Å²) in [7, 11) is 0. The maximum Gasteiger partial charge on any atom is 0.127 e. The topological polar surface area (TPSA) is 33.3 Å². The third-order valence-corrected chi connectivity index (χ3v) is 4.31. The highest BCUT2D eigenvalue weighted by Crippen LogP contribution is 2.32. The molecular formula is C8H14N2OS. The second-order valence-electron chi connectivity index (χ2n) is 3.71. The third kappa shape index (κ3) is 1.09. The van der Waals surface area contributed by atoms with Gasteiger partial charge in [-0.3, -0.25) is 10.6 Å². The molecular weight excluding hydrogens is 172 g/mol. The first-order chi connectivity index (χ1) is 5.93. The first kappa shape index (κ1) is 7.62. The van der Waals surface area contributed by atoms with Crippen molar-refractivity contribution in [3.8, 4) is 0 Å². The summed E-state index contributed by atoms with van der Waals surface area (Å²) in [6.45, 7) is 1.08. The number of fused-ring (bicyclic) bond motifs is 1.